The molecule has 1 heterocycles. The standard InChI is InChI=1S/C56H40N2/c1-3-14-39(15-4-1)41-26-28-42(29-27-41)43-30-33-48(34-31-43)57(50-35-32-40-16-7-8-17-44(40)36-50)49-22-13-19-45(37-49)53-38-46-18-9-10-23-51(46)56-55(53)52-24-11-12-25-54(52)58(56)47-20-5-2-6-21-47/h1-30,32-33,35-38H,31,34H2. The van der Waals surface area contributed by atoms with Gasteiger partial charge in [-0.1, -0.05) is 164 Å². The fourth-order valence-corrected chi connectivity index (χ4v) is 9.08. The monoisotopic (exact) mass is 740 g/mol. The predicted octanol–water partition coefficient (Wildman–Crippen LogP) is 15.3. The zero-order valence-corrected chi connectivity index (χ0v) is 32.1. The van der Waals surface area contributed by atoms with E-state index in [0.717, 1.165) is 29.9 Å². The lowest BCUT2D eigenvalue weighted by Gasteiger charge is -2.30. The Morgan fingerprint density at radius 1 is 0.397 bits per heavy atom. The van der Waals surface area contributed by atoms with Crippen LogP contribution in [0.25, 0.3) is 76.9 Å². The Kier molecular flexibility index (Phi) is 8.33. The van der Waals surface area contributed by atoms with Gasteiger partial charge in [-0.15, -0.1) is 0 Å². The second kappa shape index (κ2) is 14.3. The molecule has 1 aromatic heterocycles. The van der Waals surface area contributed by atoms with Gasteiger partial charge >= 0.3 is 0 Å². The number of nitrogens with zero attached hydrogens (tertiary/aromatic N) is 2. The van der Waals surface area contributed by atoms with Gasteiger partial charge in [0.05, 0.1) is 11.0 Å². The molecular formula is C56H40N2. The number of allylic oxidation sites excluding steroid dienone is 4. The fraction of sp³-hybridized carbons (Fsp3) is 0.0357. The number of anilines is 2. The summed E-state index contributed by atoms with van der Waals surface area (Å²) in [5.41, 5.74) is 14.8. The van der Waals surface area contributed by atoms with E-state index in [1.54, 1.807) is 0 Å². The summed E-state index contributed by atoms with van der Waals surface area (Å²) in [5, 5.41) is 7.48. The summed E-state index contributed by atoms with van der Waals surface area (Å²) in [6, 6.07) is 75.3. The molecule has 2 heteroatoms. The second-order valence-corrected chi connectivity index (χ2v) is 15.3. The van der Waals surface area contributed by atoms with E-state index in [0.29, 0.717) is 0 Å². The van der Waals surface area contributed by atoms with Crippen LogP contribution in [0.5, 0.6) is 0 Å². The summed E-state index contributed by atoms with van der Waals surface area (Å²) < 4.78 is 2.45. The minimum atomic E-state index is 0.925. The van der Waals surface area contributed by atoms with Gasteiger partial charge < -0.3 is 9.47 Å². The molecule has 10 aromatic rings. The highest BCUT2D eigenvalue weighted by Gasteiger charge is 2.22. The first kappa shape index (κ1) is 33.9. The van der Waals surface area contributed by atoms with Gasteiger partial charge in [0.15, 0.2) is 0 Å². The first-order chi connectivity index (χ1) is 28.8. The summed E-state index contributed by atoms with van der Waals surface area (Å²) in [7, 11) is 0. The Hall–Kier alpha value is -7.42. The van der Waals surface area contributed by atoms with Crippen molar-refractivity contribution in [2.75, 3.05) is 4.90 Å². The van der Waals surface area contributed by atoms with Crippen LogP contribution < -0.4 is 4.90 Å². The number of aromatic nitrogens is 1. The van der Waals surface area contributed by atoms with E-state index in [1.807, 2.05) is 0 Å². The van der Waals surface area contributed by atoms with Crippen molar-refractivity contribution in [3.05, 3.63) is 230 Å². The van der Waals surface area contributed by atoms with Crippen LogP contribution in [-0.2, 0) is 0 Å². The van der Waals surface area contributed by atoms with Crippen molar-refractivity contribution >= 4 is 60.3 Å². The molecule has 0 spiro atoms. The van der Waals surface area contributed by atoms with Crippen LogP contribution in [0.1, 0.15) is 18.4 Å². The molecular weight excluding hydrogens is 701 g/mol. The maximum atomic E-state index is 2.48. The predicted molar refractivity (Wildman–Crippen MR) is 247 cm³/mol. The third kappa shape index (κ3) is 5.90. The van der Waals surface area contributed by atoms with Crippen molar-refractivity contribution in [1.29, 1.82) is 0 Å². The number of benzene rings is 9. The van der Waals surface area contributed by atoms with E-state index >= 15 is 0 Å². The largest absolute Gasteiger partial charge is 0.314 e. The topological polar surface area (TPSA) is 8.17 Å². The first-order valence-corrected chi connectivity index (χ1v) is 20.2. The molecule has 0 unspecified atom stereocenters. The van der Waals surface area contributed by atoms with Gasteiger partial charge in [0.2, 0.25) is 0 Å². The molecule has 0 atom stereocenters. The van der Waals surface area contributed by atoms with E-state index in [1.165, 1.54) is 82.4 Å². The molecule has 11 rings (SSSR count). The lowest BCUT2D eigenvalue weighted by atomic mass is 9.93. The van der Waals surface area contributed by atoms with Gasteiger partial charge in [-0.05, 0) is 117 Å². The lowest BCUT2D eigenvalue weighted by molar-refractivity contribution is 0.930. The number of rotatable bonds is 7. The summed E-state index contributed by atoms with van der Waals surface area (Å²) in [5.74, 6) is 0. The van der Waals surface area contributed by atoms with Gasteiger partial charge in [-0.25, -0.2) is 0 Å². The Bertz CT molecular complexity index is 3200. The van der Waals surface area contributed by atoms with Gasteiger partial charge in [-0.3, -0.25) is 0 Å². The normalized spacial score (nSPS) is 12.9. The molecule has 58 heavy (non-hydrogen) atoms. The van der Waals surface area contributed by atoms with Gasteiger partial charge in [0, 0.05) is 38.9 Å². The highest BCUT2D eigenvalue weighted by molar-refractivity contribution is 6.24. The van der Waals surface area contributed by atoms with Crippen LogP contribution in [0.3, 0.4) is 0 Å². The summed E-state index contributed by atoms with van der Waals surface area (Å²) in [6.07, 6.45) is 6.56. The molecule has 9 aromatic carbocycles. The molecule has 0 amide bonds. The van der Waals surface area contributed by atoms with Crippen molar-refractivity contribution in [2.45, 2.75) is 12.8 Å². The van der Waals surface area contributed by atoms with E-state index in [-0.39, 0.29) is 0 Å². The number of hydrogen-bond acceptors (Lipinski definition) is 1. The Labute approximate surface area is 338 Å². The summed E-state index contributed by atoms with van der Waals surface area (Å²) >= 11 is 0. The van der Waals surface area contributed by atoms with Crippen molar-refractivity contribution in [1.82, 2.24) is 4.57 Å². The number of hydrogen-bond donors (Lipinski definition) is 0. The summed E-state index contributed by atoms with van der Waals surface area (Å²) in [4.78, 5) is 2.48. The maximum Gasteiger partial charge on any atom is 0.0625 e. The molecule has 0 saturated carbocycles. The minimum Gasteiger partial charge on any atom is -0.314 e. The Balaban J connectivity index is 1.07. The molecule has 0 radical (unpaired) electrons. The molecule has 1 aliphatic carbocycles. The van der Waals surface area contributed by atoms with Gasteiger partial charge in [0.1, 0.15) is 0 Å². The van der Waals surface area contributed by atoms with Crippen LogP contribution >= 0.6 is 0 Å². The highest BCUT2D eigenvalue weighted by Crippen LogP contribution is 2.45. The van der Waals surface area contributed by atoms with Crippen molar-refractivity contribution in [3.63, 3.8) is 0 Å². The fourth-order valence-electron chi connectivity index (χ4n) is 9.08. The Morgan fingerprint density at radius 2 is 1.03 bits per heavy atom. The van der Waals surface area contributed by atoms with E-state index in [9.17, 15) is 0 Å². The third-order valence-corrected chi connectivity index (χ3v) is 11.9. The molecule has 0 saturated heterocycles. The quantitative estimate of drug-likeness (QED) is 0.158. The van der Waals surface area contributed by atoms with E-state index < -0.39 is 0 Å². The number of para-hydroxylation sites is 2. The van der Waals surface area contributed by atoms with Gasteiger partial charge in [0.25, 0.3) is 0 Å². The zero-order chi connectivity index (χ0) is 38.4. The molecule has 0 aliphatic heterocycles. The molecule has 0 bridgehead atoms. The molecule has 274 valence electrons. The van der Waals surface area contributed by atoms with E-state index in [2.05, 4.69) is 228 Å². The van der Waals surface area contributed by atoms with E-state index in [4.69, 9.17) is 0 Å². The zero-order valence-electron chi connectivity index (χ0n) is 32.1. The number of fused-ring (bicyclic) bond motifs is 6. The summed E-state index contributed by atoms with van der Waals surface area (Å²) in [6.45, 7) is 0. The van der Waals surface area contributed by atoms with Crippen LogP contribution in [0, 0.1) is 0 Å². The van der Waals surface area contributed by atoms with Crippen LogP contribution in [0.4, 0.5) is 11.4 Å². The maximum absolute atomic E-state index is 2.48. The smallest absolute Gasteiger partial charge is 0.0625 e. The van der Waals surface area contributed by atoms with Crippen molar-refractivity contribution < 1.29 is 0 Å². The average Bonchev–Trinajstić information content (AvgIpc) is 3.65. The minimum absolute atomic E-state index is 0.925. The lowest BCUT2D eigenvalue weighted by Crippen LogP contribution is -2.18. The van der Waals surface area contributed by atoms with Crippen molar-refractivity contribution in [3.8, 4) is 27.9 Å². The van der Waals surface area contributed by atoms with Crippen molar-refractivity contribution in [2.24, 2.45) is 0 Å². The molecule has 0 fully saturated rings. The third-order valence-electron chi connectivity index (χ3n) is 11.9. The molecule has 1 aliphatic rings. The van der Waals surface area contributed by atoms with Gasteiger partial charge in [-0.2, -0.15) is 0 Å². The molecule has 0 N–H and O–H groups in total. The first-order valence-electron chi connectivity index (χ1n) is 20.2. The van der Waals surface area contributed by atoms with Crippen LogP contribution in [-0.4, -0.2) is 4.57 Å². The van der Waals surface area contributed by atoms with Crippen LogP contribution in [0.2, 0.25) is 0 Å². The second-order valence-electron chi connectivity index (χ2n) is 15.3. The SMILES string of the molecule is C1=C(c2ccc(-c3ccccc3)cc2)CCC(N(c2cccc(-c3cc4ccccc4c4c3c3ccccc3n4-c3ccccc3)c2)c2ccc3ccccc3c2)=C1. The highest BCUT2D eigenvalue weighted by atomic mass is 15.1. The average molecular weight is 741 g/mol. The Morgan fingerprint density at radius 3 is 1.83 bits per heavy atom. The molecule has 2 nitrogen and oxygen atoms in total. The van der Waals surface area contributed by atoms with Crippen LogP contribution in [0.15, 0.2) is 224 Å².